The molecule has 0 bridgehead atoms. The maximum atomic E-state index is 12.8. The number of aromatic nitrogens is 1. The molecule has 0 fully saturated rings. The van der Waals surface area contributed by atoms with Gasteiger partial charge in [-0.15, -0.1) is 11.8 Å². The second-order valence-electron chi connectivity index (χ2n) is 5.57. The summed E-state index contributed by atoms with van der Waals surface area (Å²) in [6, 6.07) is 16.0. The van der Waals surface area contributed by atoms with Crippen LogP contribution in [0.5, 0.6) is 0 Å². The molecule has 2 N–H and O–H groups in total. The lowest BCUT2D eigenvalue weighted by Crippen LogP contribution is -2.30. The number of benzene rings is 2. The number of hydrogen-bond acceptors (Lipinski definition) is 4. The van der Waals surface area contributed by atoms with Gasteiger partial charge in [0, 0.05) is 22.5 Å². The molecule has 1 aromatic heterocycles. The smallest absolute Gasteiger partial charge is 0.239 e. The van der Waals surface area contributed by atoms with Crippen molar-refractivity contribution >= 4 is 34.4 Å². The lowest BCUT2D eigenvalue weighted by molar-refractivity contribution is -0.120. The van der Waals surface area contributed by atoms with Crippen molar-refractivity contribution in [1.29, 1.82) is 0 Å². The highest BCUT2D eigenvalue weighted by Gasteiger charge is 2.05. The van der Waals surface area contributed by atoms with E-state index in [4.69, 9.17) is 0 Å². The van der Waals surface area contributed by atoms with Crippen molar-refractivity contribution < 1.29 is 9.18 Å². The Hall–Kier alpha value is -2.60. The number of thioether (sulfide) groups is 1. The number of para-hydroxylation sites is 1. The third-order valence-electron chi connectivity index (χ3n) is 3.66. The van der Waals surface area contributed by atoms with Gasteiger partial charge < -0.3 is 0 Å². The number of fused-ring (bicyclic) bond motifs is 1. The summed E-state index contributed by atoms with van der Waals surface area (Å²) in [5, 5.41) is 1.09. The van der Waals surface area contributed by atoms with E-state index in [1.165, 1.54) is 23.9 Å². The predicted octanol–water partition coefficient (Wildman–Crippen LogP) is 4.31. The van der Waals surface area contributed by atoms with E-state index in [0.717, 1.165) is 21.4 Å². The molecule has 2 aromatic carbocycles. The molecule has 0 aliphatic carbocycles. The maximum absolute atomic E-state index is 12.8. The minimum atomic E-state index is -0.260. The molecule has 0 aliphatic rings. The maximum Gasteiger partial charge on any atom is 0.239 e. The van der Waals surface area contributed by atoms with Gasteiger partial charge in [-0.25, -0.2) is 9.37 Å². The summed E-state index contributed by atoms with van der Waals surface area (Å²) in [5.74, 6) is 0.839. The Balaban J connectivity index is 1.49. The molecule has 4 nitrogen and oxygen atoms in total. The first-order chi connectivity index (χ1) is 12.1. The predicted molar refractivity (Wildman–Crippen MR) is 100.0 cm³/mol. The van der Waals surface area contributed by atoms with E-state index in [0.29, 0.717) is 18.0 Å². The van der Waals surface area contributed by atoms with Crippen LogP contribution in [0.3, 0.4) is 0 Å². The minimum absolute atomic E-state index is 0.123. The van der Waals surface area contributed by atoms with Gasteiger partial charge in [0.2, 0.25) is 5.91 Å². The van der Waals surface area contributed by atoms with Crippen LogP contribution < -0.4 is 10.9 Å². The van der Waals surface area contributed by atoms with E-state index < -0.39 is 0 Å². The Morgan fingerprint density at radius 2 is 1.92 bits per heavy atom. The second kappa shape index (κ2) is 7.98. The fraction of sp³-hybridized carbons (Fsp3) is 0.158. The van der Waals surface area contributed by atoms with Crippen molar-refractivity contribution in [3.8, 4) is 0 Å². The van der Waals surface area contributed by atoms with Gasteiger partial charge in [0.05, 0.1) is 5.52 Å². The second-order valence-corrected chi connectivity index (χ2v) is 6.74. The zero-order valence-electron chi connectivity index (χ0n) is 13.8. The number of anilines is 1. The number of hydrogen-bond donors (Lipinski definition) is 2. The van der Waals surface area contributed by atoms with E-state index in [2.05, 4.69) is 15.8 Å². The van der Waals surface area contributed by atoms with Crippen molar-refractivity contribution in [2.24, 2.45) is 0 Å². The van der Waals surface area contributed by atoms with E-state index >= 15 is 0 Å². The number of halogens is 1. The molecule has 0 saturated heterocycles. The summed E-state index contributed by atoms with van der Waals surface area (Å²) >= 11 is 1.51. The normalized spacial score (nSPS) is 10.6. The summed E-state index contributed by atoms with van der Waals surface area (Å²) in [6.07, 6.45) is 0.349. The first-order valence-electron chi connectivity index (χ1n) is 7.91. The zero-order chi connectivity index (χ0) is 17.6. The highest BCUT2D eigenvalue weighted by Crippen LogP contribution is 2.20. The number of pyridine rings is 1. The highest BCUT2D eigenvalue weighted by atomic mass is 32.2. The SMILES string of the molecule is Cc1cc(NNC(=O)CCSc2ccc(F)cc2)nc2ccccc12. The first-order valence-corrected chi connectivity index (χ1v) is 8.90. The molecule has 128 valence electrons. The summed E-state index contributed by atoms with van der Waals surface area (Å²) in [6.45, 7) is 2.01. The monoisotopic (exact) mass is 355 g/mol. The van der Waals surface area contributed by atoms with Crippen LogP contribution in [0, 0.1) is 12.7 Å². The topological polar surface area (TPSA) is 54.0 Å². The Bertz CT molecular complexity index is 883. The molecule has 3 aromatic rings. The van der Waals surface area contributed by atoms with Gasteiger partial charge in [-0.05, 0) is 48.9 Å². The number of nitrogens with one attached hydrogen (secondary N) is 2. The Morgan fingerprint density at radius 1 is 1.16 bits per heavy atom. The number of carbonyl (C=O) groups excluding carboxylic acids is 1. The summed E-state index contributed by atoms with van der Waals surface area (Å²) < 4.78 is 12.8. The lowest BCUT2D eigenvalue weighted by Gasteiger charge is -2.10. The van der Waals surface area contributed by atoms with Gasteiger partial charge in [-0.2, -0.15) is 0 Å². The van der Waals surface area contributed by atoms with Crippen LogP contribution in [0.15, 0.2) is 59.5 Å². The number of carbonyl (C=O) groups is 1. The van der Waals surface area contributed by atoms with E-state index in [1.54, 1.807) is 12.1 Å². The fourth-order valence-corrected chi connectivity index (χ4v) is 3.25. The molecule has 0 radical (unpaired) electrons. The quantitative estimate of drug-likeness (QED) is 0.511. The van der Waals surface area contributed by atoms with Gasteiger partial charge in [0.1, 0.15) is 11.6 Å². The molecule has 25 heavy (non-hydrogen) atoms. The van der Waals surface area contributed by atoms with Crippen LogP contribution in [0.1, 0.15) is 12.0 Å². The fourth-order valence-electron chi connectivity index (χ4n) is 2.40. The number of amides is 1. The van der Waals surface area contributed by atoms with Crippen molar-refractivity contribution in [3.05, 3.63) is 66.0 Å². The molecule has 0 atom stereocenters. The van der Waals surface area contributed by atoms with Crippen LogP contribution >= 0.6 is 11.8 Å². The molecular weight excluding hydrogens is 337 g/mol. The van der Waals surface area contributed by atoms with Crippen molar-refractivity contribution in [2.45, 2.75) is 18.2 Å². The van der Waals surface area contributed by atoms with E-state index in [9.17, 15) is 9.18 Å². The number of nitrogens with zero attached hydrogens (tertiary/aromatic N) is 1. The molecule has 6 heteroatoms. The standard InChI is InChI=1S/C19H18FN3OS/c1-13-12-18(21-17-5-3-2-4-16(13)17)22-23-19(24)10-11-25-15-8-6-14(20)7-9-15/h2-9,12H,10-11H2,1H3,(H,21,22)(H,23,24). The molecular formula is C19H18FN3OS. The van der Waals surface area contributed by atoms with Gasteiger partial charge in [0.15, 0.2) is 0 Å². The first kappa shape index (κ1) is 17.2. The summed E-state index contributed by atoms with van der Waals surface area (Å²) in [4.78, 5) is 17.4. The molecule has 0 spiro atoms. The summed E-state index contributed by atoms with van der Waals surface area (Å²) in [5.41, 5.74) is 7.50. The third-order valence-corrected chi connectivity index (χ3v) is 4.68. The third kappa shape index (κ3) is 4.70. The molecule has 1 heterocycles. The van der Waals surface area contributed by atoms with Crippen LogP contribution in [0.25, 0.3) is 10.9 Å². The number of rotatable bonds is 6. The molecule has 0 unspecified atom stereocenters. The van der Waals surface area contributed by atoms with Crippen LogP contribution in [-0.2, 0) is 4.79 Å². The van der Waals surface area contributed by atoms with Crippen molar-refractivity contribution in [1.82, 2.24) is 10.4 Å². The highest BCUT2D eigenvalue weighted by molar-refractivity contribution is 7.99. The van der Waals surface area contributed by atoms with Gasteiger partial charge >= 0.3 is 0 Å². The molecule has 3 rings (SSSR count). The number of aryl methyl sites for hydroxylation is 1. The zero-order valence-corrected chi connectivity index (χ0v) is 14.6. The molecule has 0 aliphatic heterocycles. The van der Waals surface area contributed by atoms with Crippen molar-refractivity contribution in [3.63, 3.8) is 0 Å². The average molecular weight is 355 g/mol. The van der Waals surface area contributed by atoms with Gasteiger partial charge in [0.25, 0.3) is 0 Å². The van der Waals surface area contributed by atoms with Gasteiger partial charge in [-0.1, -0.05) is 18.2 Å². The molecule has 0 saturated carbocycles. The van der Waals surface area contributed by atoms with Crippen LogP contribution in [-0.4, -0.2) is 16.6 Å². The molecule has 1 amide bonds. The Morgan fingerprint density at radius 3 is 2.72 bits per heavy atom. The summed E-state index contributed by atoms with van der Waals surface area (Å²) in [7, 11) is 0. The van der Waals surface area contributed by atoms with Crippen molar-refractivity contribution in [2.75, 3.05) is 11.2 Å². The minimum Gasteiger partial charge on any atom is -0.282 e. The average Bonchev–Trinajstić information content (AvgIpc) is 2.62. The Kier molecular flexibility index (Phi) is 5.50. The van der Waals surface area contributed by atoms with Crippen LogP contribution in [0.4, 0.5) is 10.2 Å². The van der Waals surface area contributed by atoms with E-state index in [1.807, 2.05) is 37.3 Å². The van der Waals surface area contributed by atoms with Crippen LogP contribution in [0.2, 0.25) is 0 Å². The number of hydrazine groups is 1. The lowest BCUT2D eigenvalue weighted by atomic mass is 10.1. The largest absolute Gasteiger partial charge is 0.282 e. The Labute approximate surface area is 149 Å². The van der Waals surface area contributed by atoms with Gasteiger partial charge in [-0.3, -0.25) is 15.6 Å². The van der Waals surface area contributed by atoms with E-state index in [-0.39, 0.29) is 11.7 Å².